The maximum Gasteiger partial charge on any atom is 0.0315 e. The molecule has 2 rings (SSSR count). The van der Waals surface area contributed by atoms with Crippen molar-refractivity contribution in [1.29, 1.82) is 0 Å². The summed E-state index contributed by atoms with van der Waals surface area (Å²) in [6.45, 7) is 6.14. The first kappa shape index (κ1) is 14.6. The molecule has 0 fully saturated rings. The molecule has 0 aliphatic carbocycles. The van der Waals surface area contributed by atoms with Gasteiger partial charge in [-0.3, -0.25) is 9.97 Å². The third-order valence-corrected chi connectivity index (χ3v) is 3.39. The second kappa shape index (κ2) is 7.72. The normalized spacial score (nSPS) is 13.9. The van der Waals surface area contributed by atoms with Crippen molar-refractivity contribution in [2.45, 2.75) is 25.9 Å². The SMILES string of the molecule is C[C@H](NCCN[C@H](C)c1cccnc1)c1cccnc1. The molecule has 106 valence electrons. The third kappa shape index (κ3) is 4.40. The topological polar surface area (TPSA) is 49.8 Å². The van der Waals surface area contributed by atoms with Crippen LogP contribution >= 0.6 is 0 Å². The molecule has 0 radical (unpaired) electrons. The summed E-state index contributed by atoms with van der Waals surface area (Å²) in [4.78, 5) is 8.28. The number of pyridine rings is 2. The van der Waals surface area contributed by atoms with Gasteiger partial charge in [-0.1, -0.05) is 12.1 Å². The first-order valence-corrected chi connectivity index (χ1v) is 7.04. The maximum absolute atomic E-state index is 4.14. The van der Waals surface area contributed by atoms with Gasteiger partial charge in [0.15, 0.2) is 0 Å². The van der Waals surface area contributed by atoms with Crippen LogP contribution < -0.4 is 10.6 Å². The lowest BCUT2D eigenvalue weighted by atomic mass is 10.1. The number of nitrogens with zero attached hydrogens (tertiary/aromatic N) is 2. The lowest BCUT2D eigenvalue weighted by molar-refractivity contribution is 0.510. The van der Waals surface area contributed by atoms with Gasteiger partial charge in [-0.05, 0) is 37.1 Å². The molecule has 4 heteroatoms. The van der Waals surface area contributed by atoms with E-state index in [0.29, 0.717) is 12.1 Å². The summed E-state index contributed by atoms with van der Waals surface area (Å²) in [5.41, 5.74) is 2.43. The number of nitrogens with one attached hydrogen (secondary N) is 2. The number of aromatic nitrogens is 2. The first-order chi connectivity index (χ1) is 9.77. The zero-order chi connectivity index (χ0) is 14.2. The Morgan fingerprint density at radius 2 is 1.30 bits per heavy atom. The van der Waals surface area contributed by atoms with Crippen LogP contribution in [0.15, 0.2) is 49.1 Å². The Kier molecular flexibility index (Phi) is 5.65. The van der Waals surface area contributed by atoms with Gasteiger partial charge in [0, 0.05) is 50.0 Å². The maximum atomic E-state index is 4.14. The molecule has 2 atom stereocenters. The van der Waals surface area contributed by atoms with Crippen molar-refractivity contribution >= 4 is 0 Å². The molecule has 0 aromatic carbocycles. The molecule has 0 amide bonds. The van der Waals surface area contributed by atoms with E-state index in [1.54, 1.807) is 12.4 Å². The lowest BCUT2D eigenvalue weighted by Gasteiger charge is -2.17. The Morgan fingerprint density at radius 3 is 1.65 bits per heavy atom. The summed E-state index contributed by atoms with van der Waals surface area (Å²) < 4.78 is 0. The Bertz CT molecular complexity index is 439. The van der Waals surface area contributed by atoms with E-state index in [2.05, 4.69) is 46.6 Å². The number of hydrogen-bond acceptors (Lipinski definition) is 4. The van der Waals surface area contributed by atoms with Crippen LogP contribution in [0.5, 0.6) is 0 Å². The highest BCUT2D eigenvalue weighted by molar-refractivity contribution is 5.13. The van der Waals surface area contributed by atoms with Gasteiger partial charge in [0.1, 0.15) is 0 Å². The molecule has 0 saturated carbocycles. The van der Waals surface area contributed by atoms with Crippen LogP contribution in [0.4, 0.5) is 0 Å². The molecular weight excluding hydrogens is 248 g/mol. The van der Waals surface area contributed by atoms with Crippen LogP contribution in [-0.4, -0.2) is 23.1 Å². The summed E-state index contributed by atoms with van der Waals surface area (Å²) in [5.74, 6) is 0. The molecule has 0 bridgehead atoms. The van der Waals surface area contributed by atoms with Crippen molar-refractivity contribution in [1.82, 2.24) is 20.6 Å². The predicted octanol–water partition coefficient (Wildman–Crippen LogP) is 2.48. The molecule has 0 unspecified atom stereocenters. The van der Waals surface area contributed by atoms with Crippen molar-refractivity contribution < 1.29 is 0 Å². The second-order valence-electron chi connectivity index (χ2n) is 4.92. The molecule has 0 spiro atoms. The molecular formula is C16H22N4. The minimum absolute atomic E-state index is 0.319. The van der Waals surface area contributed by atoms with Crippen molar-refractivity contribution in [3.63, 3.8) is 0 Å². The Morgan fingerprint density at radius 1 is 0.850 bits per heavy atom. The summed E-state index contributed by atoms with van der Waals surface area (Å²) in [7, 11) is 0. The molecule has 0 aliphatic heterocycles. The van der Waals surface area contributed by atoms with Crippen LogP contribution in [0.25, 0.3) is 0 Å². The summed E-state index contributed by atoms with van der Waals surface area (Å²) in [5, 5.41) is 6.98. The highest BCUT2D eigenvalue weighted by Crippen LogP contribution is 2.10. The highest BCUT2D eigenvalue weighted by atomic mass is 15.0. The van der Waals surface area contributed by atoms with Crippen molar-refractivity contribution in [2.24, 2.45) is 0 Å². The summed E-state index contributed by atoms with van der Waals surface area (Å²) >= 11 is 0. The molecule has 2 aromatic heterocycles. The van der Waals surface area contributed by atoms with Gasteiger partial charge in [0.05, 0.1) is 0 Å². The average Bonchev–Trinajstić information content (AvgIpc) is 2.53. The van der Waals surface area contributed by atoms with Gasteiger partial charge in [0.2, 0.25) is 0 Å². The van der Waals surface area contributed by atoms with Crippen molar-refractivity contribution in [3.8, 4) is 0 Å². The fourth-order valence-electron chi connectivity index (χ4n) is 2.08. The molecule has 2 heterocycles. The molecule has 20 heavy (non-hydrogen) atoms. The molecule has 0 saturated heterocycles. The zero-order valence-corrected chi connectivity index (χ0v) is 12.1. The molecule has 2 N–H and O–H groups in total. The van der Waals surface area contributed by atoms with Gasteiger partial charge in [0.25, 0.3) is 0 Å². The Balaban J connectivity index is 1.69. The van der Waals surface area contributed by atoms with Gasteiger partial charge >= 0.3 is 0 Å². The minimum Gasteiger partial charge on any atom is -0.309 e. The number of rotatable bonds is 7. The standard InChI is InChI=1S/C16H22N4/c1-13(15-5-3-7-17-11-15)19-9-10-20-14(2)16-6-4-8-18-12-16/h3-8,11-14,19-20H,9-10H2,1-2H3/t13-,14+. The van der Waals surface area contributed by atoms with Crippen molar-refractivity contribution in [2.75, 3.05) is 13.1 Å². The van der Waals surface area contributed by atoms with Crippen molar-refractivity contribution in [3.05, 3.63) is 60.2 Å². The average molecular weight is 270 g/mol. The van der Waals surface area contributed by atoms with E-state index in [-0.39, 0.29) is 0 Å². The van der Waals surface area contributed by atoms with E-state index in [0.717, 1.165) is 13.1 Å². The van der Waals surface area contributed by atoms with E-state index >= 15 is 0 Å². The summed E-state index contributed by atoms with van der Waals surface area (Å²) in [6.07, 6.45) is 7.41. The smallest absolute Gasteiger partial charge is 0.0315 e. The first-order valence-electron chi connectivity index (χ1n) is 7.04. The minimum atomic E-state index is 0.319. The van der Waals surface area contributed by atoms with Crippen LogP contribution in [0.3, 0.4) is 0 Å². The predicted molar refractivity (Wildman–Crippen MR) is 81.3 cm³/mol. The molecule has 2 aromatic rings. The van der Waals surface area contributed by atoms with E-state index in [9.17, 15) is 0 Å². The van der Waals surface area contributed by atoms with E-state index in [1.807, 2.05) is 24.5 Å². The largest absolute Gasteiger partial charge is 0.309 e. The van der Waals surface area contributed by atoms with E-state index in [1.165, 1.54) is 11.1 Å². The fraction of sp³-hybridized carbons (Fsp3) is 0.375. The van der Waals surface area contributed by atoms with Gasteiger partial charge < -0.3 is 10.6 Å². The summed E-state index contributed by atoms with van der Waals surface area (Å²) in [6, 6.07) is 8.76. The fourth-order valence-corrected chi connectivity index (χ4v) is 2.08. The van der Waals surface area contributed by atoms with Crippen LogP contribution in [0.1, 0.15) is 37.1 Å². The lowest BCUT2D eigenvalue weighted by Crippen LogP contribution is -2.30. The second-order valence-corrected chi connectivity index (χ2v) is 4.92. The monoisotopic (exact) mass is 270 g/mol. The Labute approximate surface area is 120 Å². The third-order valence-electron chi connectivity index (χ3n) is 3.39. The zero-order valence-electron chi connectivity index (χ0n) is 12.1. The van der Waals surface area contributed by atoms with E-state index < -0.39 is 0 Å². The highest BCUT2D eigenvalue weighted by Gasteiger charge is 2.06. The van der Waals surface area contributed by atoms with Gasteiger partial charge in [-0.2, -0.15) is 0 Å². The Hall–Kier alpha value is -1.78. The van der Waals surface area contributed by atoms with E-state index in [4.69, 9.17) is 0 Å². The van der Waals surface area contributed by atoms with Crippen LogP contribution in [0.2, 0.25) is 0 Å². The molecule has 4 nitrogen and oxygen atoms in total. The molecule has 0 aliphatic rings. The van der Waals surface area contributed by atoms with Gasteiger partial charge in [-0.15, -0.1) is 0 Å². The van der Waals surface area contributed by atoms with Crippen LogP contribution in [-0.2, 0) is 0 Å². The quantitative estimate of drug-likeness (QED) is 0.759. The van der Waals surface area contributed by atoms with Gasteiger partial charge in [-0.25, -0.2) is 0 Å². The number of hydrogen-bond donors (Lipinski definition) is 2. The van der Waals surface area contributed by atoms with Crippen LogP contribution in [0, 0.1) is 0 Å².